The van der Waals surface area contributed by atoms with Crippen molar-refractivity contribution in [3.8, 4) is 5.75 Å². The Morgan fingerprint density at radius 3 is 2.36 bits per heavy atom. The molecule has 1 unspecified atom stereocenters. The zero-order valence-corrected chi connectivity index (χ0v) is 22.4. The molecule has 0 aliphatic rings. The molecule has 1 N–H and O–H groups in total. The van der Waals surface area contributed by atoms with Crippen LogP contribution in [0.25, 0.3) is 0 Å². The predicted molar refractivity (Wildman–Crippen MR) is 143 cm³/mol. The summed E-state index contributed by atoms with van der Waals surface area (Å²) in [6.45, 7) is 7.92. The fourth-order valence-corrected chi connectivity index (χ4v) is 4.30. The molecule has 0 saturated carbocycles. The molecule has 8 heteroatoms. The molecule has 0 saturated heterocycles. The SMILES string of the molecule is CCOC(Cc1ccc(OCCN(CCCCSc2ccccc2)C(=O)OCC(C)C)cc1)C(=O)O. The molecule has 36 heavy (non-hydrogen) atoms. The van der Waals surface area contributed by atoms with Gasteiger partial charge in [-0.15, -0.1) is 11.8 Å². The van der Waals surface area contributed by atoms with Crippen LogP contribution in [0.1, 0.15) is 39.2 Å². The van der Waals surface area contributed by atoms with Gasteiger partial charge in [-0.25, -0.2) is 9.59 Å². The Bertz CT molecular complexity index is 891. The second kappa shape index (κ2) is 16.9. The largest absolute Gasteiger partial charge is 0.492 e. The number of unbranched alkanes of at least 4 members (excludes halogenated alkanes) is 1. The Morgan fingerprint density at radius 2 is 1.72 bits per heavy atom. The first kappa shape index (κ1) is 29.5. The molecule has 2 aromatic carbocycles. The van der Waals surface area contributed by atoms with Crippen LogP contribution in [0.15, 0.2) is 59.5 Å². The van der Waals surface area contributed by atoms with E-state index in [1.165, 1.54) is 4.90 Å². The molecule has 1 atom stereocenters. The number of carbonyl (C=O) groups excluding carboxylic acids is 1. The highest BCUT2D eigenvalue weighted by atomic mass is 32.2. The van der Waals surface area contributed by atoms with Gasteiger partial charge in [0.25, 0.3) is 0 Å². The maximum Gasteiger partial charge on any atom is 0.409 e. The Hall–Kier alpha value is -2.71. The minimum Gasteiger partial charge on any atom is -0.492 e. The molecule has 0 aliphatic carbocycles. The summed E-state index contributed by atoms with van der Waals surface area (Å²) < 4.78 is 16.6. The maximum atomic E-state index is 12.6. The predicted octanol–water partition coefficient (Wildman–Crippen LogP) is 5.76. The van der Waals surface area contributed by atoms with E-state index >= 15 is 0 Å². The Balaban J connectivity index is 1.80. The lowest BCUT2D eigenvalue weighted by molar-refractivity contribution is -0.149. The molecular weight excluding hydrogens is 478 g/mol. The summed E-state index contributed by atoms with van der Waals surface area (Å²) in [5.74, 6) is 0.960. The monoisotopic (exact) mass is 517 g/mol. The molecule has 0 fully saturated rings. The molecule has 0 bridgehead atoms. The van der Waals surface area contributed by atoms with Gasteiger partial charge in [0, 0.05) is 24.5 Å². The van der Waals surface area contributed by atoms with Gasteiger partial charge in [0.15, 0.2) is 6.10 Å². The average Bonchev–Trinajstić information content (AvgIpc) is 2.87. The molecule has 0 radical (unpaired) electrons. The zero-order chi connectivity index (χ0) is 26.2. The Labute approximate surface area is 219 Å². The van der Waals surface area contributed by atoms with Gasteiger partial charge in [-0.2, -0.15) is 0 Å². The van der Waals surface area contributed by atoms with Crippen LogP contribution in [-0.2, 0) is 20.7 Å². The van der Waals surface area contributed by atoms with E-state index in [0.717, 1.165) is 24.2 Å². The summed E-state index contributed by atoms with van der Waals surface area (Å²) in [5.41, 5.74) is 0.857. The first-order valence-electron chi connectivity index (χ1n) is 12.5. The van der Waals surface area contributed by atoms with Crippen molar-refractivity contribution in [3.63, 3.8) is 0 Å². The number of benzene rings is 2. The number of hydrogen-bond acceptors (Lipinski definition) is 6. The van der Waals surface area contributed by atoms with Crippen LogP contribution >= 0.6 is 11.8 Å². The molecule has 1 amide bonds. The average molecular weight is 518 g/mol. The van der Waals surface area contributed by atoms with Gasteiger partial charge in [-0.1, -0.05) is 44.2 Å². The lowest BCUT2D eigenvalue weighted by atomic mass is 10.1. The number of rotatable bonds is 17. The molecule has 0 aromatic heterocycles. The van der Waals surface area contributed by atoms with Crippen LogP contribution in [0.4, 0.5) is 4.79 Å². The van der Waals surface area contributed by atoms with Crippen LogP contribution in [0.5, 0.6) is 5.75 Å². The van der Waals surface area contributed by atoms with Crippen molar-refractivity contribution in [2.45, 2.75) is 51.0 Å². The van der Waals surface area contributed by atoms with Gasteiger partial charge in [-0.3, -0.25) is 0 Å². The van der Waals surface area contributed by atoms with Crippen molar-refractivity contribution in [1.82, 2.24) is 4.90 Å². The number of carboxylic acid groups (broad SMARTS) is 1. The third-order valence-corrected chi connectivity index (χ3v) is 6.35. The van der Waals surface area contributed by atoms with E-state index in [4.69, 9.17) is 14.2 Å². The topological polar surface area (TPSA) is 85.3 Å². The number of carboxylic acids is 1. The quantitative estimate of drug-likeness (QED) is 0.211. The summed E-state index contributed by atoms with van der Waals surface area (Å²) >= 11 is 1.82. The zero-order valence-electron chi connectivity index (χ0n) is 21.6. The van der Waals surface area contributed by atoms with E-state index in [2.05, 4.69) is 12.1 Å². The van der Waals surface area contributed by atoms with E-state index in [1.807, 2.05) is 68.1 Å². The first-order valence-corrected chi connectivity index (χ1v) is 13.5. The summed E-state index contributed by atoms with van der Waals surface area (Å²) in [4.78, 5) is 26.9. The van der Waals surface area contributed by atoms with Crippen molar-refractivity contribution < 1.29 is 28.9 Å². The van der Waals surface area contributed by atoms with E-state index in [1.54, 1.807) is 11.8 Å². The highest BCUT2D eigenvalue weighted by Gasteiger charge is 2.18. The third kappa shape index (κ3) is 11.8. The number of nitrogens with zero attached hydrogens (tertiary/aromatic N) is 1. The van der Waals surface area contributed by atoms with Crippen molar-refractivity contribution in [2.75, 3.05) is 38.7 Å². The van der Waals surface area contributed by atoms with Crippen molar-refractivity contribution in [3.05, 3.63) is 60.2 Å². The van der Waals surface area contributed by atoms with Crippen LogP contribution in [-0.4, -0.2) is 66.8 Å². The van der Waals surface area contributed by atoms with Gasteiger partial charge in [0.05, 0.1) is 13.2 Å². The number of amides is 1. The highest BCUT2D eigenvalue weighted by molar-refractivity contribution is 7.99. The molecule has 2 aromatic rings. The Kier molecular flexibility index (Phi) is 13.8. The minimum absolute atomic E-state index is 0.274. The summed E-state index contributed by atoms with van der Waals surface area (Å²) in [6, 6.07) is 17.6. The Morgan fingerprint density at radius 1 is 1.00 bits per heavy atom. The second-order valence-corrected chi connectivity index (χ2v) is 9.97. The van der Waals surface area contributed by atoms with Crippen LogP contribution < -0.4 is 4.74 Å². The standard InChI is InChI=1S/C28H39NO6S/c1-4-33-26(27(30)31)20-23-12-14-24(15-13-23)34-18-17-29(28(32)35-21-22(2)3)16-8-9-19-36-25-10-6-5-7-11-25/h5-7,10-15,22,26H,4,8-9,16-21H2,1-3H3,(H,30,31). The molecular formula is C28H39NO6S. The molecule has 0 spiro atoms. The first-order chi connectivity index (χ1) is 17.4. The van der Waals surface area contributed by atoms with Crippen molar-refractivity contribution in [1.29, 1.82) is 0 Å². The number of aliphatic carboxylic acids is 1. The fourth-order valence-electron chi connectivity index (χ4n) is 3.36. The van der Waals surface area contributed by atoms with Crippen LogP contribution in [0.3, 0.4) is 0 Å². The minimum atomic E-state index is -0.972. The summed E-state index contributed by atoms with van der Waals surface area (Å²) in [7, 11) is 0. The summed E-state index contributed by atoms with van der Waals surface area (Å²) in [6.07, 6.45) is 0.999. The van der Waals surface area contributed by atoms with E-state index in [0.29, 0.717) is 45.1 Å². The number of hydrogen-bond donors (Lipinski definition) is 1. The van der Waals surface area contributed by atoms with Crippen molar-refractivity contribution in [2.24, 2.45) is 5.92 Å². The highest BCUT2D eigenvalue weighted by Crippen LogP contribution is 2.19. The van der Waals surface area contributed by atoms with E-state index < -0.39 is 12.1 Å². The fraction of sp³-hybridized carbons (Fsp3) is 0.500. The number of ether oxygens (including phenoxy) is 3. The van der Waals surface area contributed by atoms with Gasteiger partial charge >= 0.3 is 12.1 Å². The lowest BCUT2D eigenvalue weighted by Gasteiger charge is -2.23. The third-order valence-electron chi connectivity index (χ3n) is 5.25. The molecule has 7 nitrogen and oxygen atoms in total. The van der Waals surface area contributed by atoms with Gasteiger partial charge in [0.1, 0.15) is 12.4 Å². The van der Waals surface area contributed by atoms with Crippen LogP contribution in [0.2, 0.25) is 0 Å². The van der Waals surface area contributed by atoms with E-state index in [9.17, 15) is 14.7 Å². The normalized spacial score (nSPS) is 11.8. The molecule has 0 aliphatic heterocycles. The number of thioether (sulfide) groups is 1. The van der Waals surface area contributed by atoms with Crippen LogP contribution in [0, 0.1) is 5.92 Å². The molecule has 198 valence electrons. The number of carbonyl (C=O) groups is 2. The van der Waals surface area contributed by atoms with E-state index in [-0.39, 0.29) is 12.0 Å². The molecule has 0 heterocycles. The smallest absolute Gasteiger partial charge is 0.409 e. The molecule has 2 rings (SSSR count). The van der Waals surface area contributed by atoms with Gasteiger partial charge < -0.3 is 24.2 Å². The van der Waals surface area contributed by atoms with Gasteiger partial charge in [-0.05, 0) is 61.3 Å². The second-order valence-electron chi connectivity index (χ2n) is 8.81. The maximum absolute atomic E-state index is 12.6. The van der Waals surface area contributed by atoms with Gasteiger partial charge in [0.2, 0.25) is 0 Å². The lowest BCUT2D eigenvalue weighted by Crippen LogP contribution is -2.36. The summed E-state index contributed by atoms with van der Waals surface area (Å²) in [5, 5.41) is 9.25. The van der Waals surface area contributed by atoms with Crippen molar-refractivity contribution >= 4 is 23.8 Å².